The monoisotopic (exact) mass is 441 g/mol. The number of carbonyl (C=O) groups excluding carboxylic acids is 2. The molecule has 1 aromatic heterocycles. The van der Waals surface area contributed by atoms with Crippen molar-refractivity contribution in [2.24, 2.45) is 0 Å². The molecule has 4 rings (SSSR count). The zero-order chi connectivity index (χ0) is 23.2. The van der Waals surface area contributed by atoms with E-state index in [1.165, 1.54) is 5.56 Å². The third kappa shape index (κ3) is 5.86. The van der Waals surface area contributed by atoms with Crippen molar-refractivity contribution in [2.75, 3.05) is 13.1 Å². The van der Waals surface area contributed by atoms with Gasteiger partial charge in [0.15, 0.2) is 0 Å². The molecule has 3 aromatic rings. The van der Waals surface area contributed by atoms with Crippen LogP contribution in [0.4, 0.5) is 0 Å². The molecular formula is C28H31N3O2. The van der Waals surface area contributed by atoms with E-state index in [9.17, 15) is 9.59 Å². The van der Waals surface area contributed by atoms with Gasteiger partial charge in [-0.3, -0.25) is 14.6 Å². The van der Waals surface area contributed by atoms with Gasteiger partial charge < -0.3 is 10.2 Å². The molecule has 1 saturated heterocycles. The summed E-state index contributed by atoms with van der Waals surface area (Å²) in [6, 6.07) is 21.8. The second-order valence-electron chi connectivity index (χ2n) is 8.87. The lowest BCUT2D eigenvalue weighted by Crippen LogP contribution is -2.39. The molecule has 2 aromatic carbocycles. The van der Waals surface area contributed by atoms with E-state index in [4.69, 9.17) is 4.98 Å². The second kappa shape index (κ2) is 10.4. The van der Waals surface area contributed by atoms with E-state index in [2.05, 4.69) is 11.4 Å². The van der Waals surface area contributed by atoms with Crippen LogP contribution in [0.1, 0.15) is 57.2 Å². The molecule has 0 radical (unpaired) electrons. The number of hydrogen-bond donors (Lipinski definition) is 1. The van der Waals surface area contributed by atoms with Crippen LogP contribution in [0, 0.1) is 13.8 Å². The van der Waals surface area contributed by atoms with Crippen LogP contribution in [-0.2, 0) is 17.8 Å². The molecule has 5 nitrogen and oxygen atoms in total. The van der Waals surface area contributed by atoms with E-state index in [0.717, 1.165) is 35.4 Å². The second-order valence-corrected chi connectivity index (χ2v) is 8.87. The number of aryl methyl sites for hydroxylation is 2. The molecule has 5 heteroatoms. The van der Waals surface area contributed by atoms with Crippen molar-refractivity contribution in [3.05, 3.63) is 100 Å². The summed E-state index contributed by atoms with van der Waals surface area (Å²) >= 11 is 0. The van der Waals surface area contributed by atoms with Gasteiger partial charge in [0.25, 0.3) is 5.91 Å². The van der Waals surface area contributed by atoms with E-state index in [-0.39, 0.29) is 17.7 Å². The van der Waals surface area contributed by atoms with E-state index in [0.29, 0.717) is 31.6 Å². The van der Waals surface area contributed by atoms with Crippen LogP contribution in [0.3, 0.4) is 0 Å². The molecule has 0 spiro atoms. The third-order valence-electron chi connectivity index (χ3n) is 6.28. The zero-order valence-corrected chi connectivity index (χ0v) is 19.4. The summed E-state index contributed by atoms with van der Waals surface area (Å²) in [4.78, 5) is 32.5. The topological polar surface area (TPSA) is 62.3 Å². The summed E-state index contributed by atoms with van der Waals surface area (Å²) < 4.78 is 0. The van der Waals surface area contributed by atoms with Gasteiger partial charge in [-0.1, -0.05) is 60.2 Å². The number of aromatic nitrogens is 1. The summed E-state index contributed by atoms with van der Waals surface area (Å²) in [5.41, 5.74) is 5.69. The standard InChI is InChI=1S/C28H31N3O2/c1-20-7-6-10-23(17-20)19-29-28(33)25-12-11-21(2)30-27(25)24-13-15-31(16-14-24)26(32)18-22-8-4-3-5-9-22/h3-12,17,24H,13-16,18-19H2,1-2H3,(H,29,33). The molecule has 2 amide bonds. The molecular weight excluding hydrogens is 410 g/mol. The van der Waals surface area contributed by atoms with Gasteiger partial charge in [0, 0.05) is 31.2 Å². The lowest BCUT2D eigenvalue weighted by atomic mass is 9.89. The summed E-state index contributed by atoms with van der Waals surface area (Å²) in [5, 5.41) is 3.05. The Hall–Kier alpha value is -3.47. The molecule has 0 unspecified atom stereocenters. The van der Waals surface area contributed by atoms with Gasteiger partial charge in [0.1, 0.15) is 0 Å². The quantitative estimate of drug-likeness (QED) is 0.609. The van der Waals surface area contributed by atoms with Gasteiger partial charge in [0.05, 0.1) is 17.7 Å². The van der Waals surface area contributed by atoms with Crippen molar-refractivity contribution in [3.63, 3.8) is 0 Å². The predicted molar refractivity (Wildman–Crippen MR) is 130 cm³/mol. The highest BCUT2D eigenvalue weighted by atomic mass is 16.2. The Morgan fingerprint density at radius 1 is 0.939 bits per heavy atom. The predicted octanol–water partition coefficient (Wildman–Crippen LogP) is 4.58. The first-order chi connectivity index (χ1) is 16.0. The first-order valence-electron chi connectivity index (χ1n) is 11.6. The molecule has 0 bridgehead atoms. The fourth-order valence-electron chi connectivity index (χ4n) is 4.46. The number of nitrogens with one attached hydrogen (secondary N) is 1. The zero-order valence-electron chi connectivity index (χ0n) is 19.4. The van der Waals surface area contributed by atoms with Crippen molar-refractivity contribution in [2.45, 2.75) is 45.6 Å². The van der Waals surface area contributed by atoms with Crippen molar-refractivity contribution in [1.82, 2.24) is 15.2 Å². The van der Waals surface area contributed by atoms with Gasteiger partial charge in [-0.05, 0) is 49.9 Å². The summed E-state index contributed by atoms with van der Waals surface area (Å²) in [6.45, 7) is 5.87. The molecule has 0 aliphatic carbocycles. The fraction of sp³-hybridized carbons (Fsp3) is 0.321. The normalized spacial score (nSPS) is 14.2. The SMILES string of the molecule is Cc1cccc(CNC(=O)c2ccc(C)nc2C2CCN(C(=O)Cc3ccccc3)CC2)c1. The van der Waals surface area contributed by atoms with Crippen LogP contribution < -0.4 is 5.32 Å². The molecule has 170 valence electrons. The maximum absolute atomic E-state index is 13.0. The highest BCUT2D eigenvalue weighted by molar-refractivity contribution is 5.95. The maximum Gasteiger partial charge on any atom is 0.253 e. The Balaban J connectivity index is 1.40. The molecule has 1 fully saturated rings. The van der Waals surface area contributed by atoms with Crippen molar-refractivity contribution in [1.29, 1.82) is 0 Å². The minimum absolute atomic E-state index is 0.0958. The Morgan fingerprint density at radius 3 is 2.39 bits per heavy atom. The highest BCUT2D eigenvalue weighted by Gasteiger charge is 2.28. The Morgan fingerprint density at radius 2 is 1.67 bits per heavy atom. The smallest absolute Gasteiger partial charge is 0.253 e. The molecule has 0 atom stereocenters. The van der Waals surface area contributed by atoms with Gasteiger partial charge in [-0.25, -0.2) is 0 Å². The maximum atomic E-state index is 13.0. The van der Waals surface area contributed by atoms with Crippen LogP contribution in [0.15, 0.2) is 66.7 Å². The van der Waals surface area contributed by atoms with E-state index < -0.39 is 0 Å². The fourth-order valence-corrected chi connectivity index (χ4v) is 4.46. The lowest BCUT2D eigenvalue weighted by Gasteiger charge is -2.32. The van der Waals surface area contributed by atoms with Gasteiger partial charge >= 0.3 is 0 Å². The van der Waals surface area contributed by atoms with Gasteiger partial charge in [-0.2, -0.15) is 0 Å². The minimum atomic E-state index is -0.0958. The number of carbonyl (C=O) groups is 2. The average Bonchev–Trinajstić information content (AvgIpc) is 2.83. The molecule has 0 saturated carbocycles. The molecule has 2 heterocycles. The van der Waals surface area contributed by atoms with Crippen LogP contribution in [0.5, 0.6) is 0 Å². The minimum Gasteiger partial charge on any atom is -0.348 e. The van der Waals surface area contributed by atoms with E-state index in [1.54, 1.807) is 0 Å². The van der Waals surface area contributed by atoms with Crippen molar-refractivity contribution >= 4 is 11.8 Å². The molecule has 1 aliphatic heterocycles. The van der Waals surface area contributed by atoms with Crippen LogP contribution in [0.25, 0.3) is 0 Å². The number of amides is 2. The van der Waals surface area contributed by atoms with E-state index in [1.807, 2.05) is 79.4 Å². The number of hydrogen-bond acceptors (Lipinski definition) is 3. The molecule has 1 N–H and O–H groups in total. The van der Waals surface area contributed by atoms with Crippen LogP contribution >= 0.6 is 0 Å². The highest BCUT2D eigenvalue weighted by Crippen LogP contribution is 2.30. The summed E-state index contributed by atoms with van der Waals surface area (Å²) in [5.74, 6) is 0.236. The van der Waals surface area contributed by atoms with Crippen LogP contribution in [-0.4, -0.2) is 34.8 Å². The van der Waals surface area contributed by atoms with Crippen LogP contribution in [0.2, 0.25) is 0 Å². The van der Waals surface area contributed by atoms with Gasteiger partial charge in [-0.15, -0.1) is 0 Å². The third-order valence-corrected chi connectivity index (χ3v) is 6.28. The first-order valence-corrected chi connectivity index (χ1v) is 11.6. The number of nitrogens with zero attached hydrogens (tertiary/aromatic N) is 2. The average molecular weight is 442 g/mol. The number of benzene rings is 2. The Bertz CT molecular complexity index is 1120. The summed E-state index contributed by atoms with van der Waals surface area (Å²) in [6.07, 6.45) is 2.06. The van der Waals surface area contributed by atoms with Gasteiger partial charge in [0.2, 0.25) is 5.91 Å². The number of piperidine rings is 1. The largest absolute Gasteiger partial charge is 0.348 e. The molecule has 1 aliphatic rings. The van der Waals surface area contributed by atoms with Crippen molar-refractivity contribution < 1.29 is 9.59 Å². The van der Waals surface area contributed by atoms with Crippen molar-refractivity contribution in [3.8, 4) is 0 Å². The number of likely N-dealkylation sites (tertiary alicyclic amines) is 1. The first kappa shape index (κ1) is 22.7. The Labute approximate surface area is 195 Å². The summed E-state index contributed by atoms with van der Waals surface area (Å²) in [7, 11) is 0. The molecule has 33 heavy (non-hydrogen) atoms. The van der Waals surface area contributed by atoms with E-state index >= 15 is 0 Å². The number of pyridine rings is 1. The number of rotatable bonds is 6. The lowest BCUT2D eigenvalue weighted by molar-refractivity contribution is -0.131. The Kier molecular flexibility index (Phi) is 7.18.